The van der Waals surface area contributed by atoms with Gasteiger partial charge in [0.2, 0.25) is 0 Å². The molecule has 0 unspecified atom stereocenters. The van der Waals surface area contributed by atoms with Crippen molar-refractivity contribution >= 4 is 11.3 Å². The Balaban J connectivity index is 1.45. The van der Waals surface area contributed by atoms with Gasteiger partial charge in [-0.1, -0.05) is 0 Å². The van der Waals surface area contributed by atoms with E-state index in [2.05, 4.69) is 15.4 Å². The van der Waals surface area contributed by atoms with Crippen molar-refractivity contribution in [2.75, 3.05) is 0 Å². The van der Waals surface area contributed by atoms with Gasteiger partial charge in [0.1, 0.15) is 22.3 Å². The highest BCUT2D eigenvalue weighted by molar-refractivity contribution is 7.09. The largest absolute Gasteiger partial charge is 0.304 e. The van der Waals surface area contributed by atoms with E-state index < -0.39 is 11.6 Å². The summed E-state index contributed by atoms with van der Waals surface area (Å²) in [6.07, 6.45) is 1.68. The average molecular weight is 428 g/mol. The molecule has 4 nitrogen and oxygen atoms in total. The van der Waals surface area contributed by atoms with Crippen molar-refractivity contribution in [3.63, 3.8) is 0 Å². The van der Waals surface area contributed by atoms with E-state index in [9.17, 15) is 13.2 Å². The molecule has 30 heavy (non-hydrogen) atoms. The number of thiazole rings is 1. The second-order valence-electron chi connectivity index (χ2n) is 6.93. The fourth-order valence-electron chi connectivity index (χ4n) is 3.24. The van der Waals surface area contributed by atoms with Gasteiger partial charge in [-0.2, -0.15) is 5.10 Å². The number of hydrogen-bond donors (Lipinski definition) is 1. The normalized spacial score (nSPS) is 12.3. The Hall–Kier alpha value is -2.97. The van der Waals surface area contributed by atoms with Gasteiger partial charge in [0.05, 0.1) is 11.9 Å². The highest BCUT2D eigenvalue weighted by atomic mass is 32.1. The van der Waals surface area contributed by atoms with Gasteiger partial charge in [-0.15, -0.1) is 11.3 Å². The second-order valence-corrected chi connectivity index (χ2v) is 7.87. The second kappa shape index (κ2) is 8.41. The first-order chi connectivity index (χ1) is 14.4. The third-order valence-corrected chi connectivity index (χ3v) is 5.75. The molecule has 154 valence electrons. The zero-order chi connectivity index (χ0) is 21.3. The lowest BCUT2D eigenvalue weighted by molar-refractivity contribution is 0.565. The zero-order valence-electron chi connectivity index (χ0n) is 16.4. The molecule has 0 aliphatic rings. The van der Waals surface area contributed by atoms with E-state index >= 15 is 0 Å². The minimum Gasteiger partial charge on any atom is -0.304 e. The van der Waals surface area contributed by atoms with E-state index in [4.69, 9.17) is 0 Å². The lowest BCUT2D eigenvalue weighted by Gasteiger charge is -2.13. The SMILES string of the molecule is Cc1c([C@H](C)NCc2nc(-c3ccc(F)cc3)cs2)cnn1-c1ccc(F)cc1F. The van der Waals surface area contributed by atoms with E-state index in [1.165, 1.54) is 40.3 Å². The summed E-state index contributed by atoms with van der Waals surface area (Å²) < 4.78 is 41.9. The number of halogens is 3. The van der Waals surface area contributed by atoms with Crippen LogP contribution < -0.4 is 5.32 Å². The Labute approximate surface area is 176 Å². The van der Waals surface area contributed by atoms with Crippen LogP contribution in [0.3, 0.4) is 0 Å². The van der Waals surface area contributed by atoms with Crippen LogP contribution in [0.5, 0.6) is 0 Å². The summed E-state index contributed by atoms with van der Waals surface area (Å²) in [5.41, 5.74) is 3.56. The molecule has 4 aromatic rings. The summed E-state index contributed by atoms with van der Waals surface area (Å²) in [6, 6.07) is 9.62. The predicted octanol–water partition coefficient (Wildman–Crippen LogP) is 5.57. The van der Waals surface area contributed by atoms with Crippen LogP contribution in [-0.2, 0) is 6.54 Å². The minimum atomic E-state index is -0.663. The van der Waals surface area contributed by atoms with Crippen molar-refractivity contribution < 1.29 is 13.2 Å². The van der Waals surface area contributed by atoms with Gasteiger partial charge in [0.15, 0.2) is 5.82 Å². The van der Waals surface area contributed by atoms with Crippen LogP contribution in [0.4, 0.5) is 13.2 Å². The van der Waals surface area contributed by atoms with Gasteiger partial charge in [0, 0.05) is 40.9 Å². The molecular weight excluding hydrogens is 409 g/mol. The number of benzene rings is 2. The van der Waals surface area contributed by atoms with Gasteiger partial charge in [-0.3, -0.25) is 0 Å². The molecule has 0 spiro atoms. The fourth-order valence-corrected chi connectivity index (χ4v) is 3.99. The number of rotatable bonds is 6. The molecule has 0 bridgehead atoms. The molecule has 0 saturated heterocycles. The van der Waals surface area contributed by atoms with Crippen LogP contribution in [0.1, 0.15) is 29.2 Å². The van der Waals surface area contributed by atoms with Crippen molar-refractivity contribution in [1.82, 2.24) is 20.1 Å². The summed E-state index contributed by atoms with van der Waals surface area (Å²) in [6.45, 7) is 4.38. The standard InChI is InChI=1S/C22H19F3N4S/c1-13(18-10-27-29(14(18)2)21-8-7-17(24)9-19(21)25)26-11-22-28-20(12-30-22)15-3-5-16(23)6-4-15/h3-10,12-13,26H,11H2,1-2H3/t13-/m0/s1. The van der Waals surface area contributed by atoms with Crippen LogP contribution in [0.2, 0.25) is 0 Å². The Bertz CT molecular complexity index is 1170. The Morgan fingerprint density at radius 2 is 1.80 bits per heavy atom. The van der Waals surface area contributed by atoms with E-state index in [-0.39, 0.29) is 17.5 Å². The Morgan fingerprint density at radius 1 is 1.07 bits per heavy atom. The van der Waals surface area contributed by atoms with E-state index in [1.807, 2.05) is 19.2 Å². The molecule has 0 amide bonds. The first-order valence-corrected chi connectivity index (χ1v) is 10.2. The van der Waals surface area contributed by atoms with Crippen LogP contribution in [0.15, 0.2) is 54.0 Å². The molecule has 1 atom stereocenters. The zero-order valence-corrected chi connectivity index (χ0v) is 17.2. The van der Waals surface area contributed by atoms with Crippen LogP contribution >= 0.6 is 11.3 Å². The minimum absolute atomic E-state index is 0.0552. The van der Waals surface area contributed by atoms with Gasteiger partial charge in [-0.25, -0.2) is 22.8 Å². The molecule has 0 saturated carbocycles. The van der Waals surface area contributed by atoms with Crippen LogP contribution in [0, 0.1) is 24.4 Å². The molecule has 1 N–H and O–H groups in total. The maximum atomic E-state index is 14.1. The van der Waals surface area contributed by atoms with Crippen LogP contribution in [0.25, 0.3) is 16.9 Å². The summed E-state index contributed by atoms with van der Waals surface area (Å²) in [4.78, 5) is 4.60. The third-order valence-electron chi connectivity index (χ3n) is 4.90. The average Bonchev–Trinajstić information content (AvgIpc) is 3.34. The summed E-state index contributed by atoms with van der Waals surface area (Å²) >= 11 is 1.52. The molecular formula is C22H19F3N4S. The molecule has 2 aromatic carbocycles. The topological polar surface area (TPSA) is 42.7 Å². The summed E-state index contributed by atoms with van der Waals surface area (Å²) in [7, 11) is 0. The lowest BCUT2D eigenvalue weighted by atomic mass is 10.1. The van der Waals surface area contributed by atoms with Gasteiger partial charge in [0.25, 0.3) is 0 Å². The molecule has 0 aliphatic heterocycles. The summed E-state index contributed by atoms with van der Waals surface area (Å²) in [5.74, 6) is -1.56. The summed E-state index contributed by atoms with van der Waals surface area (Å²) in [5, 5.41) is 10.5. The van der Waals surface area contributed by atoms with Crippen molar-refractivity contribution in [2.24, 2.45) is 0 Å². The van der Waals surface area contributed by atoms with Crippen molar-refractivity contribution in [2.45, 2.75) is 26.4 Å². The van der Waals surface area contributed by atoms with Crippen LogP contribution in [-0.4, -0.2) is 14.8 Å². The third kappa shape index (κ3) is 4.15. The number of nitrogens with zero attached hydrogens (tertiary/aromatic N) is 3. The smallest absolute Gasteiger partial charge is 0.151 e. The molecule has 0 radical (unpaired) electrons. The first-order valence-electron chi connectivity index (χ1n) is 9.36. The molecule has 4 rings (SSSR count). The molecule has 2 heterocycles. The van der Waals surface area contributed by atoms with Gasteiger partial charge < -0.3 is 5.32 Å². The maximum Gasteiger partial charge on any atom is 0.151 e. The quantitative estimate of drug-likeness (QED) is 0.436. The van der Waals surface area contributed by atoms with E-state index in [0.29, 0.717) is 6.54 Å². The number of aromatic nitrogens is 3. The van der Waals surface area contributed by atoms with Gasteiger partial charge >= 0.3 is 0 Å². The lowest BCUT2D eigenvalue weighted by Crippen LogP contribution is -2.18. The predicted molar refractivity (Wildman–Crippen MR) is 111 cm³/mol. The molecule has 2 aromatic heterocycles. The monoisotopic (exact) mass is 428 g/mol. The van der Waals surface area contributed by atoms with Crippen molar-refractivity contribution in [1.29, 1.82) is 0 Å². The molecule has 0 fully saturated rings. The number of nitrogens with one attached hydrogen (secondary N) is 1. The maximum absolute atomic E-state index is 14.1. The van der Waals surface area contributed by atoms with E-state index in [1.54, 1.807) is 18.3 Å². The van der Waals surface area contributed by atoms with Crippen molar-refractivity contribution in [3.05, 3.63) is 87.8 Å². The Kier molecular flexibility index (Phi) is 5.69. The van der Waals surface area contributed by atoms with E-state index in [0.717, 1.165) is 33.6 Å². The number of hydrogen-bond acceptors (Lipinski definition) is 4. The fraction of sp³-hybridized carbons (Fsp3) is 0.182. The molecule has 8 heteroatoms. The highest BCUT2D eigenvalue weighted by Crippen LogP contribution is 2.25. The molecule has 0 aliphatic carbocycles. The van der Waals surface area contributed by atoms with Crippen molar-refractivity contribution in [3.8, 4) is 16.9 Å². The highest BCUT2D eigenvalue weighted by Gasteiger charge is 2.17. The first kappa shape index (κ1) is 20.3. The van der Waals surface area contributed by atoms with Gasteiger partial charge in [-0.05, 0) is 50.2 Å². The Morgan fingerprint density at radius 3 is 2.53 bits per heavy atom.